The third-order valence-corrected chi connectivity index (χ3v) is 5.50. The molecule has 1 saturated heterocycles. The van der Waals surface area contributed by atoms with E-state index in [1.807, 2.05) is 67.4 Å². The Morgan fingerprint density at radius 2 is 1.78 bits per heavy atom. The Labute approximate surface area is 169 Å². The van der Waals surface area contributed by atoms with Crippen LogP contribution in [0.3, 0.4) is 0 Å². The molecule has 142 valence electrons. The number of hydrogen-bond donors (Lipinski definition) is 0. The number of hydrogen-bond acceptors (Lipinski definition) is 3. The van der Waals surface area contributed by atoms with Crippen LogP contribution in [0.2, 0.25) is 5.02 Å². The van der Waals surface area contributed by atoms with E-state index in [0.29, 0.717) is 31.0 Å². The van der Waals surface area contributed by atoms with Crippen LogP contribution in [0.25, 0.3) is 0 Å². The Morgan fingerprint density at radius 3 is 2.30 bits per heavy atom. The van der Waals surface area contributed by atoms with E-state index in [1.165, 1.54) is 0 Å². The highest BCUT2D eigenvalue weighted by molar-refractivity contribution is 6.62. The fourth-order valence-corrected chi connectivity index (χ4v) is 4.24. The van der Waals surface area contributed by atoms with Crippen LogP contribution in [0.4, 0.5) is 10.5 Å². The van der Waals surface area contributed by atoms with Gasteiger partial charge in [-0.1, -0.05) is 11.6 Å². The van der Waals surface area contributed by atoms with E-state index in [9.17, 15) is 9.59 Å². The Hall–Kier alpha value is -1.56. The molecule has 2 aliphatic rings. The van der Waals surface area contributed by atoms with Gasteiger partial charge < -0.3 is 14.5 Å². The predicted molar refractivity (Wildman–Crippen MR) is 116 cm³/mol. The molecule has 5 nitrogen and oxygen atoms in total. The molecule has 0 aromatic heterocycles. The van der Waals surface area contributed by atoms with Gasteiger partial charge in [-0.25, -0.2) is 4.79 Å². The molecule has 3 rings (SSSR count). The lowest BCUT2D eigenvalue weighted by atomic mass is 9.48. The van der Waals surface area contributed by atoms with Gasteiger partial charge in [0.15, 0.2) is 0 Å². The summed E-state index contributed by atoms with van der Waals surface area (Å²) in [5.41, 5.74) is 0.770. The molecule has 1 fully saturated rings. The van der Waals surface area contributed by atoms with Crippen LogP contribution in [-0.4, -0.2) is 64.4 Å². The number of carbonyl (C=O) groups is 2. The highest BCUT2D eigenvalue weighted by atomic mass is 35.5. The number of fused-ring (bicyclic) bond motifs is 2. The number of ether oxygens (including phenoxy) is 1. The average Bonchev–Trinajstić information content (AvgIpc) is 2.75. The molecule has 0 atom stereocenters. The van der Waals surface area contributed by atoms with E-state index in [1.54, 1.807) is 4.90 Å². The Balaban J connectivity index is 1.90. The summed E-state index contributed by atoms with van der Waals surface area (Å²) in [7, 11) is 6.12. The molecule has 0 saturated carbocycles. The quantitative estimate of drug-likeness (QED) is 0.660. The molecule has 2 heterocycles. The van der Waals surface area contributed by atoms with E-state index >= 15 is 0 Å². The Morgan fingerprint density at radius 1 is 1.19 bits per heavy atom. The molecular weight excluding hydrogens is 360 g/mol. The number of carbonyl (C=O) groups excluding carboxylic acids is 2. The van der Waals surface area contributed by atoms with Gasteiger partial charge in [0, 0.05) is 23.8 Å². The molecule has 2 amide bonds. The van der Waals surface area contributed by atoms with Crippen molar-refractivity contribution in [1.29, 1.82) is 0 Å². The van der Waals surface area contributed by atoms with Crippen molar-refractivity contribution in [2.75, 3.05) is 18.0 Å². The van der Waals surface area contributed by atoms with Gasteiger partial charge in [0.25, 0.3) is 0 Å². The van der Waals surface area contributed by atoms with Gasteiger partial charge in [-0.05, 0) is 62.6 Å². The zero-order valence-electron chi connectivity index (χ0n) is 17.1. The van der Waals surface area contributed by atoms with Crippen LogP contribution >= 0.6 is 11.6 Å². The van der Waals surface area contributed by atoms with Gasteiger partial charge in [0.2, 0.25) is 5.91 Å². The van der Waals surface area contributed by atoms with Gasteiger partial charge >= 0.3 is 6.09 Å². The second-order valence-electron chi connectivity index (χ2n) is 9.52. The standard InChI is InChI=1S/C18H26B3ClN2O3/c1-16(2,3)27-15(26)23-8-6-17(7-9-23)12-10-11(22)4-5-13(12)24(14(17)25)18(19,20)21/h4-5,10H,6-9,19-21H2,1-3H3. The maximum Gasteiger partial charge on any atom is 0.410 e. The van der Waals surface area contributed by atoms with Crippen LogP contribution in [0.15, 0.2) is 18.2 Å². The fourth-order valence-electron chi connectivity index (χ4n) is 4.07. The van der Waals surface area contributed by atoms with Crippen molar-refractivity contribution in [2.45, 2.75) is 49.9 Å². The molecule has 2 aliphatic heterocycles. The topological polar surface area (TPSA) is 49.9 Å². The first kappa shape index (κ1) is 20.2. The molecule has 1 aromatic rings. The first-order valence-electron chi connectivity index (χ1n) is 9.48. The Bertz CT molecular complexity index is 781. The second-order valence-corrected chi connectivity index (χ2v) is 9.96. The molecule has 0 radical (unpaired) electrons. The van der Waals surface area contributed by atoms with Crippen molar-refractivity contribution in [2.24, 2.45) is 0 Å². The zero-order chi connectivity index (χ0) is 20.2. The summed E-state index contributed by atoms with van der Waals surface area (Å²) in [6.45, 7) is 6.55. The van der Waals surface area contributed by atoms with Crippen molar-refractivity contribution >= 4 is 52.8 Å². The van der Waals surface area contributed by atoms with E-state index in [4.69, 9.17) is 16.3 Å². The van der Waals surface area contributed by atoms with E-state index < -0.39 is 11.0 Å². The molecule has 0 aliphatic carbocycles. The summed E-state index contributed by atoms with van der Waals surface area (Å²) in [4.78, 5) is 29.6. The van der Waals surface area contributed by atoms with Gasteiger partial charge in [0.1, 0.15) is 29.1 Å². The number of amides is 2. The minimum atomic E-state index is -0.619. The van der Waals surface area contributed by atoms with Crippen molar-refractivity contribution in [3.8, 4) is 0 Å². The van der Waals surface area contributed by atoms with Crippen LogP contribution in [-0.2, 0) is 14.9 Å². The lowest BCUT2D eigenvalue weighted by molar-refractivity contribution is -0.125. The van der Waals surface area contributed by atoms with Crippen molar-refractivity contribution in [3.05, 3.63) is 28.8 Å². The summed E-state index contributed by atoms with van der Waals surface area (Å²) in [5, 5.41) is 0.303. The molecular formula is C18H26B3ClN2O3. The normalized spacial score (nSPS) is 19.3. The zero-order valence-corrected chi connectivity index (χ0v) is 17.8. The molecule has 0 unspecified atom stereocenters. The number of benzene rings is 1. The molecule has 1 spiro atoms. The minimum Gasteiger partial charge on any atom is -0.444 e. The van der Waals surface area contributed by atoms with Crippen LogP contribution < -0.4 is 4.90 Å². The lowest BCUT2D eigenvalue weighted by Crippen LogP contribution is -2.57. The largest absolute Gasteiger partial charge is 0.444 e. The van der Waals surface area contributed by atoms with Gasteiger partial charge in [0.05, 0.1) is 5.41 Å². The lowest BCUT2D eigenvalue weighted by Gasteiger charge is -2.40. The van der Waals surface area contributed by atoms with Gasteiger partial charge in [-0.2, -0.15) is 0 Å². The van der Waals surface area contributed by atoms with Crippen LogP contribution in [0.5, 0.6) is 0 Å². The molecule has 27 heavy (non-hydrogen) atoms. The summed E-state index contributed by atoms with van der Waals surface area (Å²) >= 11 is 6.27. The average molecular weight is 386 g/mol. The highest BCUT2D eigenvalue weighted by Gasteiger charge is 2.54. The maximum absolute atomic E-state index is 13.6. The summed E-state index contributed by atoms with van der Waals surface area (Å²) in [5.74, 6) is 0.108. The predicted octanol–water partition coefficient (Wildman–Crippen LogP) is 0.466. The smallest absolute Gasteiger partial charge is 0.410 e. The number of likely N-dealkylation sites (tertiary alicyclic amines) is 1. The minimum absolute atomic E-state index is 0.108. The maximum atomic E-state index is 13.6. The third-order valence-electron chi connectivity index (χ3n) is 5.27. The van der Waals surface area contributed by atoms with Crippen molar-refractivity contribution in [3.63, 3.8) is 0 Å². The van der Waals surface area contributed by atoms with E-state index in [-0.39, 0.29) is 17.2 Å². The van der Waals surface area contributed by atoms with E-state index in [2.05, 4.69) is 0 Å². The van der Waals surface area contributed by atoms with Crippen molar-refractivity contribution < 1.29 is 14.3 Å². The van der Waals surface area contributed by atoms with Gasteiger partial charge in [-0.15, -0.1) is 0 Å². The summed E-state index contributed by atoms with van der Waals surface area (Å²) < 4.78 is 5.49. The number of rotatable bonds is 1. The highest BCUT2D eigenvalue weighted by Crippen LogP contribution is 2.50. The molecule has 0 bridgehead atoms. The number of anilines is 1. The van der Waals surface area contributed by atoms with Gasteiger partial charge in [-0.3, -0.25) is 4.79 Å². The summed E-state index contributed by atoms with van der Waals surface area (Å²) in [6, 6.07) is 5.70. The molecule has 1 aromatic carbocycles. The summed E-state index contributed by atoms with van der Waals surface area (Å²) in [6.07, 6.45) is 0.831. The number of nitrogens with zero attached hydrogens (tertiary/aromatic N) is 2. The van der Waals surface area contributed by atoms with Crippen molar-refractivity contribution in [1.82, 2.24) is 4.90 Å². The van der Waals surface area contributed by atoms with Crippen LogP contribution in [0, 0.1) is 0 Å². The fraction of sp³-hybridized carbons (Fsp3) is 0.556. The second kappa shape index (κ2) is 6.51. The first-order chi connectivity index (χ1) is 12.3. The Kier molecular flexibility index (Phi) is 4.86. The first-order valence-corrected chi connectivity index (χ1v) is 9.86. The monoisotopic (exact) mass is 386 g/mol. The molecule has 9 heteroatoms. The number of halogens is 1. The SMILES string of the molecule is BC(B)(B)N1C(=O)C2(CCN(C(=O)OC(C)(C)C)CC2)c2cc(Cl)ccc21. The molecule has 0 N–H and O–H groups in total. The van der Waals surface area contributed by atoms with Crippen LogP contribution in [0.1, 0.15) is 39.2 Å². The third kappa shape index (κ3) is 3.61. The number of piperidine rings is 1. The van der Waals surface area contributed by atoms with E-state index in [0.717, 1.165) is 11.3 Å².